The van der Waals surface area contributed by atoms with Crippen molar-refractivity contribution in [3.05, 3.63) is 71.8 Å². The number of nitrogens with two attached hydrogens (primary N) is 1. The molecule has 0 saturated heterocycles. The average molecular weight is 421 g/mol. The van der Waals surface area contributed by atoms with Gasteiger partial charge < -0.3 is 25.1 Å². The zero-order valence-electron chi connectivity index (χ0n) is 17.9. The van der Waals surface area contributed by atoms with Crippen LogP contribution in [0.4, 0.5) is 0 Å². The van der Waals surface area contributed by atoms with Crippen molar-refractivity contribution in [1.82, 2.24) is 0 Å². The van der Waals surface area contributed by atoms with Gasteiger partial charge in [0.1, 0.15) is 30.5 Å². The number of rotatable bonds is 10. The molecule has 0 aromatic heterocycles. The summed E-state index contributed by atoms with van der Waals surface area (Å²) in [5, 5.41) is 17.4. The summed E-state index contributed by atoms with van der Waals surface area (Å²) >= 11 is 0. The summed E-state index contributed by atoms with van der Waals surface area (Å²) in [4.78, 5) is 0. The van der Waals surface area contributed by atoms with Crippen molar-refractivity contribution >= 4 is 5.84 Å². The Bertz CT molecular complexity index is 1030. The summed E-state index contributed by atoms with van der Waals surface area (Å²) in [5.41, 5.74) is 9.55. The highest BCUT2D eigenvalue weighted by molar-refractivity contribution is 5.95. The number of nitrogens with one attached hydrogen (secondary N) is 1. The molecule has 0 fully saturated rings. The molecule has 0 heterocycles. The van der Waals surface area contributed by atoms with Gasteiger partial charge in [0.05, 0.1) is 7.11 Å². The molecule has 0 aliphatic rings. The minimum atomic E-state index is 0.0399. The standard InChI is InChI=1S/C25H28N2O4/c1-3-4-20-15-19(17-5-7-18(8-6-17)25(26)27)9-11-23(20)31-14-13-30-21-10-12-24(29-2)22(28)16-21/h5-12,15-16,28H,3-4,13-14H2,1-2H3,(H3,26,27). The number of phenolic OH excluding ortho intramolecular Hbond substituents is 1. The maximum atomic E-state index is 9.83. The lowest BCUT2D eigenvalue weighted by Crippen LogP contribution is -2.10. The molecule has 6 nitrogen and oxygen atoms in total. The molecule has 0 spiro atoms. The molecule has 0 saturated carbocycles. The van der Waals surface area contributed by atoms with Gasteiger partial charge in [-0.1, -0.05) is 43.7 Å². The third-order valence-corrected chi connectivity index (χ3v) is 4.87. The predicted molar refractivity (Wildman–Crippen MR) is 123 cm³/mol. The second-order valence-corrected chi connectivity index (χ2v) is 7.09. The number of aromatic hydroxyl groups is 1. The zero-order valence-corrected chi connectivity index (χ0v) is 17.9. The number of ether oxygens (including phenoxy) is 3. The Labute approximate surface area is 182 Å². The Balaban J connectivity index is 1.64. The van der Waals surface area contributed by atoms with Gasteiger partial charge >= 0.3 is 0 Å². The molecule has 0 aliphatic carbocycles. The molecular formula is C25H28N2O4. The summed E-state index contributed by atoms with van der Waals surface area (Å²) in [6, 6.07) is 18.7. The Kier molecular flexibility index (Phi) is 7.38. The van der Waals surface area contributed by atoms with Crippen molar-refractivity contribution in [2.24, 2.45) is 5.73 Å². The minimum absolute atomic E-state index is 0.0399. The molecule has 31 heavy (non-hydrogen) atoms. The largest absolute Gasteiger partial charge is 0.504 e. The molecule has 162 valence electrons. The van der Waals surface area contributed by atoms with Crippen molar-refractivity contribution in [2.75, 3.05) is 20.3 Å². The smallest absolute Gasteiger partial charge is 0.161 e. The number of hydrogen-bond donors (Lipinski definition) is 3. The maximum Gasteiger partial charge on any atom is 0.161 e. The number of hydrogen-bond acceptors (Lipinski definition) is 5. The van der Waals surface area contributed by atoms with E-state index in [4.69, 9.17) is 25.4 Å². The van der Waals surface area contributed by atoms with Crippen LogP contribution in [-0.4, -0.2) is 31.3 Å². The number of amidine groups is 1. The molecule has 0 amide bonds. The van der Waals surface area contributed by atoms with E-state index in [1.54, 1.807) is 12.1 Å². The van der Waals surface area contributed by atoms with Crippen molar-refractivity contribution < 1.29 is 19.3 Å². The van der Waals surface area contributed by atoms with Crippen molar-refractivity contribution in [2.45, 2.75) is 19.8 Å². The van der Waals surface area contributed by atoms with Crippen LogP contribution in [0.15, 0.2) is 60.7 Å². The molecule has 3 aromatic rings. The van der Waals surface area contributed by atoms with E-state index in [0.717, 1.165) is 35.3 Å². The highest BCUT2D eigenvalue weighted by atomic mass is 16.5. The molecular weight excluding hydrogens is 392 g/mol. The van der Waals surface area contributed by atoms with Gasteiger partial charge in [0.2, 0.25) is 0 Å². The number of aryl methyl sites for hydroxylation is 1. The van der Waals surface area contributed by atoms with E-state index in [0.29, 0.717) is 30.3 Å². The van der Waals surface area contributed by atoms with Crippen LogP contribution in [0.5, 0.6) is 23.0 Å². The van der Waals surface area contributed by atoms with E-state index in [2.05, 4.69) is 13.0 Å². The first-order chi connectivity index (χ1) is 15.0. The summed E-state index contributed by atoms with van der Waals surface area (Å²) in [6.07, 6.45) is 1.91. The number of nitrogen functional groups attached to an aromatic ring is 1. The van der Waals surface area contributed by atoms with Crippen molar-refractivity contribution in [1.29, 1.82) is 5.41 Å². The number of phenols is 1. The van der Waals surface area contributed by atoms with Crippen LogP contribution < -0.4 is 19.9 Å². The van der Waals surface area contributed by atoms with Crippen LogP contribution in [0.3, 0.4) is 0 Å². The van der Waals surface area contributed by atoms with Gasteiger partial charge in [0, 0.05) is 11.6 Å². The van der Waals surface area contributed by atoms with Gasteiger partial charge in [-0.15, -0.1) is 0 Å². The monoisotopic (exact) mass is 420 g/mol. The lowest BCUT2D eigenvalue weighted by molar-refractivity contribution is 0.215. The molecule has 6 heteroatoms. The van der Waals surface area contributed by atoms with Crippen molar-refractivity contribution in [3.63, 3.8) is 0 Å². The van der Waals surface area contributed by atoms with E-state index in [9.17, 15) is 5.11 Å². The molecule has 3 rings (SSSR count). The molecule has 3 aromatic carbocycles. The fourth-order valence-corrected chi connectivity index (χ4v) is 3.28. The van der Waals surface area contributed by atoms with Crippen LogP contribution in [-0.2, 0) is 6.42 Å². The molecule has 0 aliphatic heterocycles. The van der Waals surface area contributed by atoms with Gasteiger partial charge in [-0.05, 0) is 47.4 Å². The topological polar surface area (TPSA) is 97.8 Å². The fourth-order valence-electron chi connectivity index (χ4n) is 3.28. The molecule has 0 radical (unpaired) electrons. The van der Waals surface area contributed by atoms with Gasteiger partial charge in [0.15, 0.2) is 11.5 Å². The average Bonchev–Trinajstić information content (AvgIpc) is 2.78. The van der Waals surface area contributed by atoms with Gasteiger partial charge in [0.25, 0.3) is 0 Å². The van der Waals surface area contributed by atoms with Crippen molar-refractivity contribution in [3.8, 4) is 34.1 Å². The van der Waals surface area contributed by atoms with Crippen LogP contribution in [0, 0.1) is 5.41 Å². The molecule has 0 unspecified atom stereocenters. The molecule has 4 N–H and O–H groups in total. The zero-order chi connectivity index (χ0) is 22.2. The van der Waals surface area contributed by atoms with Gasteiger partial charge in [-0.3, -0.25) is 5.41 Å². The summed E-state index contributed by atoms with van der Waals surface area (Å²) in [7, 11) is 1.50. The second-order valence-electron chi connectivity index (χ2n) is 7.09. The van der Waals surface area contributed by atoms with E-state index in [-0.39, 0.29) is 11.6 Å². The molecule has 0 atom stereocenters. The van der Waals surface area contributed by atoms with Crippen LogP contribution in [0.25, 0.3) is 11.1 Å². The van der Waals surface area contributed by atoms with E-state index >= 15 is 0 Å². The first kappa shape index (κ1) is 22.0. The SMILES string of the molecule is CCCc1cc(-c2ccc(C(=N)N)cc2)ccc1OCCOc1ccc(OC)c(O)c1. The first-order valence-corrected chi connectivity index (χ1v) is 10.2. The van der Waals surface area contributed by atoms with Crippen LogP contribution >= 0.6 is 0 Å². The Morgan fingerprint density at radius 3 is 2.23 bits per heavy atom. The van der Waals surface area contributed by atoms with Gasteiger partial charge in [-0.25, -0.2) is 0 Å². The van der Waals surface area contributed by atoms with Crippen LogP contribution in [0.2, 0.25) is 0 Å². The highest BCUT2D eigenvalue weighted by Crippen LogP contribution is 2.30. The third kappa shape index (κ3) is 5.69. The predicted octanol–water partition coefficient (Wildman–Crippen LogP) is 4.76. The van der Waals surface area contributed by atoms with E-state index < -0.39 is 0 Å². The first-order valence-electron chi connectivity index (χ1n) is 10.2. The van der Waals surface area contributed by atoms with Gasteiger partial charge in [-0.2, -0.15) is 0 Å². The number of benzene rings is 3. The summed E-state index contributed by atoms with van der Waals surface area (Å²) in [5.74, 6) is 1.91. The summed E-state index contributed by atoms with van der Waals surface area (Å²) < 4.78 is 16.7. The van der Waals surface area contributed by atoms with E-state index in [1.165, 1.54) is 13.2 Å². The Hall–Kier alpha value is -3.67. The summed E-state index contributed by atoms with van der Waals surface area (Å²) in [6.45, 7) is 2.87. The third-order valence-electron chi connectivity index (χ3n) is 4.87. The Morgan fingerprint density at radius 1 is 0.903 bits per heavy atom. The lowest BCUT2D eigenvalue weighted by Gasteiger charge is -2.14. The highest BCUT2D eigenvalue weighted by Gasteiger charge is 2.08. The van der Waals surface area contributed by atoms with E-state index in [1.807, 2.05) is 36.4 Å². The normalized spacial score (nSPS) is 10.5. The maximum absolute atomic E-state index is 9.83. The lowest BCUT2D eigenvalue weighted by atomic mass is 9.99. The fraction of sp³-hybridized carbons (Fsp3) is 0.240. The quantitative estimate of drug-likeness (QED) is 0.249. The number of methoxy groups -OCH3 is 1. The van der Waals surface area contributed by atoms with Crippen LogP contribution in [0.1, 0.15) is 24.5 Å². The Morgan fingerprint density at radius 2 is 1.58 bits per heavy atom. The molecule has 0 bridgehead atoms. The second kappa shape index (κ2) is 10.4. The minimum Gasteiger partial charge on any atom is -0.504 e.